The number of phosphoric acid groups is 1. The molecule has 56 heavy (non-hydrogen) atoms. The number of rotatable bonds is 11. The lowest BCUT2D eigenvalue weighted by atomic mass is 10.1. The Kier molecular flexibility index (Phi) is 13.6. The first-order chi connectivity index (χ1) is 25.9. The van der Waals surface area contributed by atoms with Crippen LogP contribution in [0.1, 0.15) is 19.4 Å². The Morgan fingerprint density at radius 2 is 1.41 bits per heavy atom. The number of aryl methyl sites for hydroxylation is 1. The summed E-state index contributed by atoms with van der Waals surface area (Å²) in [5.74, 6) is -3.74. The number of esters is 2. The van der Waals surface area contributed by atoms with Gasteiger partial charge in [-0.3, -0.25) is 42.6 Å². The summed E-state index contributed by atoms with van der Waals surface area (Å²) in [7, 11) is -8.28. The van der Waals surface area contributed by atoms with Gasteiger partial charge in [-0.2, -0.15) is 17.5 Å². The van der Waals surface area contributed by atoms with Crippen LogP contribution in [-0.2, 0) is 53.8 Å². The van der Waals surface area contributed by atoms with Crippen LogP contribution >= 0.6 is 15.6 Å². The number of carbonyl (C=O) groups is 2. The molecule has 0 amide bonds. The second kappa shape index (κ2) is 17.3. The van der Waals surface area contributed by atoms with Crippen molar-refractivity contribution in [3.05, 3.63) is 84.9 Å². The zero-order valence-corrected chi connectivity index (χ0v) is 30.1. The van der Waals surface area contributed by atoms with Gasteiger partial charge < -0.3 is 52.9 Å². The van der Waals surface area contributed by atoms with Gasteiger partial charge in [0.1, 0.15) is 36.8 Å². The van der Waals surface area contributed by atoms with E-state index in [1.165, 1.54) is 17.8 Å². The molecule has 2 aliphatic rings. The number of aliphatic hydroxyl groups excluding tert-OH is 2. The van der Waals surface area contributed by atoms with Crippen molar-refractivity contribution < 1.29 is 89.3 Å². The first-order valence-corrected chi connectivity index (χ1v) is 18.3. The maximum Gasteiger partial charge on any atom is 0.490 e. The smallest absolute Gasteiger partial charge is 0.490 e. The number of nitrogens with zero attached hydrogens (tertiary/aromatic N) is 4. The quantitative estimate of drug-likeness (QED) is 0.0686. The highest BCUT2D eigenvalue weighted by Crippen LogP contribution is 2.41. The summed E-state index contributed by atoms with van der Waals surface area (Å²) >= 11 is 0. The molecule has 25 nitrogen and oxygen atoms in total. The lowest BCUT2D eigenvalue weighted by molar-refractivity contribution is -0.670. The molecule has 5 rings (SSSR count). The van der Waals surface area contributed by atoms with E-state index in [0.717, 1.165) is 48.5 Å². The molecule has 30 heteroatoms. The van der Waals surface area contributed by atoms with Crippen LogP contribution in [0.5, 0.6) is 0 Å². The standard InChI is InChI=1S/C17H18F3N4O10P.C9H13N2O9P/c1-9(25)32-12-10(7-31-35(29,30)23-6-5-22(2)8-23)33-14(13(12)34-15(27)17(18,19)20)24-4-3-11(26)21-16(24)28;12-5-1-2-11(9(15)10-5)8-7(14)6(13)4(20-8)3-19-21(16,17)18/h3-6,8,10,12-14H,7H2,1-2H3,(H-,21,26,28,29,30);1-2,4,6-8,13-14H,3H2,(H,10,12,15)(H2,16,17,18)/p-1/t10-,12?,13+,14-;4-,6?,7+,8-/m11/s1. The molecule has 2 saturated heterocycles. The van der Waals surface area contributed by atoms with E-state index in [9.17, 15) is 71.1 Å². The number of hydrogen-bond donors (Lipinski definition) is 5. The molecule has 4 unspecified atom stereocenters. The van der Waals surface area contributed by atoms with Gasteiger partial charge in [0.15, 0.2) is 24.7 Å². The Bertz CT molecular complexity index is 2230. The monoisotopic (exact) mass is 849 g/mol. The average molecular weight is 849 g/mol. The van der Waals surface area contributed by atoms with Gasteiger partial charge in [0.05, 0.1) is 20.3 Å². The Morgan fingerprint density at radius 3 is 1.89 bits per heavy atom. The topological polar surface area (TPSA) is 349 Å². The van der Waals surface area contributed by atoms with E-state index in [4.69, 9.17) is 23.6 Å². The van der Waals surface area contributed by atoms with Crippen LogP contribution in [-0.4, -0.2) is 106 Å². The minimum atomic E-state index is -5.47. The molecule has 3 aromatic heterocycles. The number of aromatic amines is 2. The number of halogens is 3. The maximum atomic E-state index is 12.9. The van der Waals surface area contributed by atoms with Crippen molar-refractivity contribution in [1.82, 2.24) is 23.4 Å². The van der Waals surface area contributed by atoms with Crippen molar-refractivity contribution in [3.63, 3.8) is 0 Å². The molecule has 0 aromatic carbocycles. The number of aromatic nitrogens is 6. The summed E-state index contributed by atoms with van der Waals surface area (Å²) in [5.41, 5.74) is -3.54. The molecule has 5 N–H and O–H groups in total. The van der Waals surface area contributed by atoms with Gasteiger partial charge in [-0.05, 0) is 0 Å². The maximum absolute atomic E-state index is 12.9. The van der Waals surface area contributed by atoms with E-state index in [2.05, 4.69) is 9.26 Å². The van der Waals surface area contributed by atoms with Crippen LogP contribution in [0.25, 0.3) is 0 Å². The van der Waals surface area contributed by atoms with Crippen LogP contribution in [0.3, 0.4) is 0 Å². The van der Waals surface area contributed by atoms with Gasteiger partial charge in [-0.25, -0.2) is 19.0 Å². The molecule has 310 valence electrons. The number of aliphatic hydroxyl groups is 2. The Balaban J connectivity index is 0.000000282. The van der Waals surface area contributed by atoms with Crippen molar-refractivity contribution in [3.8, 4) is 0 Å². The number of ether oxygens (including phenoxy) is 4. The van der Waals surface area contributed by atoms with Gasteiger partial charge in [-0.1, -0.05) is 0 Å². The SMILES string of the molecule is CC(=O)OC1[C@@H](COP(=O)([O-])n2cc[n+](C)c2)O[C@@H](n2ccc(=O)[nH]c2=O)[C@H]1OC(=O)C(F)(F)F.O=c1ccn([C@@H]2O[C@H](COP(=O)([O-])O)C(O)[C@@H]2O)c(=O)[nH]1. The summed E-state index contributed by atoms with van der Waals surface area (Å²) in [6.45, 7) is -0.766. The van der Waals surface area contributed by atoms with E-state index >= 15 is 0 Å². The molecule has 2 aliphatic heterocycles. The van der Waals surface area contributed by atoms with Gasteiger partial charge in [0.2, 0.25) is 6.33 Å². The fraction of sp³-hybridized carbons (Fsp3) is 0.500. The van der Waals surface area contributed by atoms with Crippen LogP contribution < -0.4 is 36.9 Å². The Hall–Kier alpha value is -4.60. The van der Waals surface area contributed by atoms with E-state index < -0.39 is 118 Å². The predicted octanol–water partition coefficient (Wildman–Crippen LogP) is -4.87. The first-order valence-electron chi connectivity index (χ1n) is 15.3. The highest BCUT2D eigenvalue weighted by Gasteiger charge is 2.54. The molecular weight excluding hydrogens is 819 g/mol. The number of phosphoric ester groups is 1. The van der Waals surface area contributed by atoms with Crippen molar-refractivity contribution in [2.24, 2.45) is 7.05 Å². The van der Waals surface area contributed by atoms with Crippen LogP contribution in [0.15, 0.2) is 62.4 Å². The lowest BCUT2D eigenvalue weighted by Crippen LogP contribution is -2.44. The van der Waals surface area contributed by atoms with E-state index in [1.54, 1.807) is 0 Å². The predicted molar refractivity (Wildman–Crippen MR) is 164 cm³/mol. The fourth-order valence-electron chi connectivity index (χ4n) is 5.05. The summed E-state index contributed by atoms with van der Waals surface area (Å²) in [6.07, 6.45) is -13.1. The molecular formula is C26H30F3N6O19P2-. The van der Waals surface area contributed by atoms with Gasteiger partial charge in [0, 0.05) is 31.5 Å². The summed E-state index contributed by atoms with van der Waals surface area (Å²) < 4.78 is 94.1. The van der Waals surface area contributed by atoms with E-state index in [-0.39, 0.29) is 0 Å². The third-order valence-electron chi connectivity index (χ3n) is 7.49. The largest absolute Gasteiger partial charge is 0.756 e. The van der Waals surface area contributed by atoms with E-state index in [0.29, 0.717) is 8.90 Å². The average Bonchev–Trinajstić information content (AvgIpc) is 3.74. The van der Waals surface area contributed by atoms with E-state index in [1.807, 2.05) is 9.97 Å². The molecule has 0 aliphatic carbocycles. The molecule has 10 atom stereocenters. The fourth-order valence-corrected chi connectivity index (χ4v) is 6.37. The second-order valence-electron chi connectivity index (χ2n) is 11.6. The summed E-state index contributed by atoms with van der Waals surface area (Å²) in [4.78, 5) is 104. The highest BCUT2D eigenvalue weighted by atomic mass is 31.2. The first kappa shape index (κ1) is 44.1. The van der Waals surface area contributed by atoms with Gasteiger partial charge in [-0.15, -0.1) is 0 Å². The van der Waals surface area contributed by atoms with Crippen molar-refractivity contribution in [1.29, 1.82) is 0 Å². The molecule has 2 fully saturated rings. The Labute approximate surface area is 307 Å². The summed E-state index contributed by atoms with van der Waals surface area (Å²) in [5, 5.41) is 19.5. The number of H-pyrrole nitrogens is 2. The third kappa shape index (κ3) is 11.0. The van der Waals surface area contributed by atoms with Crippen LogP contribution in [0, 0.1) is 0 Å². The molecule has 0 saturated carbocycles. The van der Waals surface area contributed by atoms with Gasteiger partial charge in [0.25, 0.3) is 18.9 Å². The molecule has 0 radical (unpaired) electrons. The molecule has 5 heterocycles. The molecule has 3 aromatic rings. The minimum absolute atomic E-state index is 0.578. The number of hydrogen-bond acceptors (Lipinski definition) is 18. The zero-order chi connectivity index (χ0) is 41.9. The minimum Gasteiger partial charge on any atom is -0.756 e. The number of alkyl halides is 3. The molecule has 0 bridgehead atoms. The summed E-state index contributed by atoms with van der Waals surface area (Å²) in [6, 6.07) is 1.84. The number of imidazole rings is 1. The van der Waals surface area contributed by atoms with Crippen LogP contribution in [0.2, 0.25) is 0 Å². The van der Waals surface area contributed by atoms with Crippen molar-refractivity contribution in [2.45, 2.75) is 62.2 Å². The zero-order valence-electron chi connectivity index (χ0n) is 28.3. The number of nitrogens with one attached hydrogen (secondary N) is 2. The van der Waals surface area contributed by atoms with Crippen molar-refractivity contribution >= 4 is 27.5 Å². The normalized spacial score (nSPS) is 27.0. The van der Waals surface area contributed by atoms with Crippen molar-refractivity contribution in [2.75, 3.05) is 13.2 Å². The Morgan fingerprint density at radius 1 is 0.875 bits per heavy atom. The molecule has 0 spiro atoms. The number of carbonyl (C=O) groups excluding carboxylic acids is 2. The highest BCUT2D eigenvalue weighted by molar-refractivity contribution is 7.49. The second-order valence-corrected chi connectivity index (χ2v) is 14.4. The van der Waals surface area contributed by atoms with Crippen LogP contribution in [0.4, 0.5) is 13.2 Å². The lowest BCUT2D eigenvalue weighted by Gasteiger charge is -2.25. The third-order valence-corrected chi connectivity index (χ3v) is 9.24. The van der Waals surface area contributed by atoms with Gasteiger partial charge >= 0.3 is 37.2 Å².